The van der Waals surface area contributed by atoms with E-state index in [1.807, 2.05) is 20.8 Å². The summed E-state index contributed by atoms with van der Waals surface area (Å²) in [6, 6.07) is 5.57. The molecule has 1 unspecified atom stereocenters. The van der Waals surface area contributed by atoms with Crippen molar-refractivity contribution in [1.82, 2.24) is 15.1 Å². The van der Waals surface area contributed by atoms with E-state index in [2.05, 4.69) is 15.7 Å². The number of anilines is 1. The Bertz CT molecular complexity index is 785. The summed E-state index contributed by atoms with van der Waals surface area (Å²) in [7, 11) is 1.76. The van der Waals surface area contributed by atoms with Crippen molar-refractivity contribution in [3.05, 3.63) is 41.3 Å². The van der Waals surface area contributed by atoms with Crippen molar-refractivity contribution >= 4 is 11.8 Å². The third-order valence-corrected chi connectivity index (χ3v) is 3.98. The van der Waals surface area contributed by atoms with Crippen LogP contribution in [-0.2, 0) is 7.05 Å². The second-order valence-electron chi connectivity index (χ2n) is 6.69. The lowest BCUT2D eigenvalue weighted by molar-refractivity contribution is 0.0678. The first-order valence-electron chi connectivity index (χ1n) is 7.80. The van der Waals surface area contributed by atoms with Gasteiger partial charge in [-0.15, -0.1) is 0 Å². The Morgan fingerprint density at radius 2 is 2.17 bits per heavy atom. The summed E-state index contributed by atoms with van der Waals surface area (Å²) in [5.74, 6) is 0.712. The summed E-state index contributed by atoms with van der Waals surface area (Å²) >= 11 is 0. The lowest BCUT2D eigenvalue weighted by atomic mass is 9.90. The number of benzene rings is 1. The number of ether oxygens (including phenoxy) is 1. The summed E-state index contributed by atoms with van der Waals surface area (Å²) in [5, 5.41) is 9.92. The molecule has 6 nitrogen and oxygen atoms in total. The summed E-state index contributed by atoms with van der Waals surface area (Å²) in [5.41, 5.74) is 1.09. The molecule has 0 aliphatic carbocycles. The summed E-state index contributed by atoms with van der Waals surface area (Å²) < 4.78 is 20.9. The van der Waals surface area contributed by atoms with Crippen LogP contribution in [0.3, 0.4) is 0 Å². The molecule has 3 rings (SSSR count). The number of hydrogen-bond acceptors (Lipinski definition) is 3. The van der Waals surface area contributed by atoms with E-state index in [-0.39, 0.29) is 17.9 Å². The van der Waals surface area contributed by atoms with Gasteiger partial charge in [-0.05, 0) is 26.8 Å². The number of aryl methyl sites for hydroxylation is 2. The average Bonchev–Trinajstić information content (AvgIpc) is 2.74. The van der Waals surface area contributed by atoms with Gasteiger partial charge < -0.3 is 10.1 Å². The molecule has 0 saturated heterocycles. The second kappa shape index (κ2) is 5.81. The maximum Gasteiger partial charge on any atom is 0.320 e. The number of amides is 2. The average molecular weight is 332 g/mol. The minimum absolute atomic E-state index is 0.265. The van der Waals surface area contributed by atoms with Gasteiger partial charge in [0, 0.05) is 31.2 Å². The topological polar surface area (TPSA) is 68.2 Å². The third kappa shape index (κ3) is 3.34. The molecule has 1 aromatic heterocycles. The van der Waals surface area contributed by atoms with E-state index >= 15 is 0 Å². The number of hydrogen-bond donors (Lipinski definition) is 2. The second-order valence-corrected chi connectivity index (χ2v) is 6.69. The zero-order valence-electron chi connectivity index (χ0n) is 14.2. The predicted molar refractivity (Wildman–Crippen MR) is 88.6 cm³/mol. The van der Waals surface area contributed by atoms with Gasteiger partial charge >= 0.3 is 6.03 Å². The predicted octanol–water partition coefficient (Wildman–Crippen LogP) is 3.29. The fraction of sp³-hybridized carbons (Fsp3) is 0.412. The zero-order valence-corrected chi connectivity index (χ0v) is 14.2. The number of carbonyl (C=O) groups excluding carboxylic acids is 1. The minimum Gasteiger partial charge on any atom is -0.487 e. The van der Waals surface area contributed by atoms with Crippen molar-refractivity contribution in [2.24, 2.45) is 7.05 Å². The number of aromatic nitrogens is 2. The summed E-state index contributed by atoms with van der Waals surface area (Å²) in [6.45, 7) is 5.69. The lowest BCUT2D eigenvalue weighted by Crippen LogP contribution is -2.42. The van der Waals surface area contributed by atoms with E-state index in [1.54, 1.807) is 23.9 Å². The Kier molecular flexibility index (Phi) is 3.95. The van der Waals surface area contributed by atoms with Crippen LogP contribution in [0.1, 0.15) is 37.6 Å². The van der Waals surface area contributed by atoms with Crippen LogP contribution < -0.4 is 15.4 Å². The number of urea groups is 1. The summed E-state index contributed by atoms with van der Waals surface area (Å²) in [6.07, 6.45) is 0.587. The monoisotopic (exact) mass is 332 g/mol. The highest BCUT2D eigenvalue weighted by Crippen LogP contribution is 2.39. The Morgan fingerprint density at radius 3 is 2.83 bits per heavy atom. The smallest absolute Gasteiger partial charge is 0.320 e. The molecule has 0 fully saturated rings. The van der Waals surface area contributed by atoms with Crippen LogP contribution in [0.4, 0.5) is 15.0 Å². The summed E-state index contributed by atoms with van der Waals surface area (Å²) in [4.78, 5) is 12.4. The van der Waals surface area contributed by atoms with Gasteiger partial charge in [-0.1, -0.05) is 6.07 Å². The Balaban J connectivity index is 1.79. The number of nitrogens with one attached hydrogen (secondary N) is 2. The van der Waals surface area contributed by atoms with Crippen LogP contribution in [0.2, 0.25) is 0 Å². The highest BCUT2D eigenvalue weighted by molar-refractivity contribution is 5.88. The molecule has 2 heterocycles. The molecule has 128 valence electrons. The molecular weight excluding hydrogens is 311 g/mol. The number of fused-ring (bicyclic) bond motifs is 1. The molecule has 1 atom stereocenters. The molecule has 1 aliphatic heterocycles. The van der Waals surface area contributed by atoms with Gasteiger partial charge in [0.25, 0.3) is 0 Å². The van der Waals surface area contributed by atoms with E-state index < -0.39 is 5.60 Å². The van der Waals surface area contributed by atoms with Crippen molar-refractivity contribution in [1.29, 1.82) is 0 Å². The van der Waals surface area contributed by atoms with Crippen molar-refractivity contribution in [2.45, 2.75) is 38.8 Å². The van der Waals surface area contributed by atoms with Crippen molar-refractivity contribution in [3.8, 4) is 5.75 Å². The maximum absolute atomic E-state index is 13.5. The van der Waals surface area contributed by atoms with E-state index in [0.717, 1.165) is 11.3 Å². The van der Waals surface area contributed by atoms with Crippen molar-refractivity contribution < 1.29 is 13.9 Å². The first kappa shape index (κ1) is 16.3. The van der Waals surface area contributed by atoms with E-state index in [1.165, 1.54) is 12.1 Å². The highest BCUT2D eigenvalue weighted by Gasteiger charge is 2.34. The minimum atomic E-state index is -0.498. The molecule has 2 amide bonds. The van der Waals surface area contributed by atoms with Gasteiger partial charge in [0.1, 0.15) is 23.0 Å². The van der Waals surface area contributed by atoms with Crippen molar-refractivity contribution in [3.63, 3.8) is 0 Å². The number of carbonyl (C=O) groups is 1. The standard InChI is InChI=1S/C17H21FN4O2/c1-10-7-15(22(4)21-10)20-16(23)19-13-9-17(2,3)24-14-8-11(18)5-6-12(13)14/h5-8,13H,9H2,1-4H3,(H2,19,20,23). The third-order valence-electron chi connectivity index (χ3n) is 3.98. The molecule has 2 aromatic rings. The molecule has 0 radical (unpaired) electrons. The van der Waals surface area contributed by atoms with Gasteiger partial charge in [-0.25, -0.2) is 9.18 Å². The van der Waals surface area contributed by atoms with E-state index in [0.29, 0.717) is 18.0 Å². The Morgan fingerprint density at radius 1 is 1.42 bits per heavy atom. The number of halogens is 1. The van der Waals surface area contributed by atoms with Crippen LogP contribution in [-0.4, -0.2) is 21.4 Å². The molecule has 7 heteroatoms. The molecular formula is C17H21FN4O2. The maximum atomic E-state index is 13.5. The molecule has 0 bridgehead atoms. The van der Waals surface area contributed by atoms with E-state index in [4.69, 9.17) is 4.74 Å². The molecule has 2 N–H and O–H groups in total. The first-order chi connectivity index (χ1) is 11.2. The number of nitrogens with zero attached hydrogens (tertiary/aromatic N) is 2. The van der Waals surface area contributed by atoms with E-state index in [9.17, 15) is 9.18 Å². The molecule has 24 heavy (non-hydrogen) atoms. The van der Waals surface area contributed by atoms with Crippen LogP contribution in [0, 0.1) is 12.7 Å². The largest absolute Gasteiger partial charge is 0.487 e. The zero-order chi connectivity index (χ0) is 17.5. The van der Waals surface area contributed by atoms with Gasteiger partial charge in [0.05, 0.1) is 11.7 Å². The highest BCUT2D eigenvalue weighted by atomic mass is 19.1. The molecule has 1 aliphatic rings. The van der Waals surface area contributed by atoms with Gasteiger partial charge in [-0.3, -0.25) is 10.00 Å². The van der Waals surface area contributed by atoms with Crippen LogP contribution in [0.15, 0.2) is 24.3 Å². The fourth-order valence-corrected chi connectivity index (χ4v) is 2.99. The Hall–Kier alpha value is -2.57. The lowest BCUT2D eigenvalue weighted by Gasteiger charge is -2.37. The van der Waals surface area contributed by atoms with Gasteiger partial charge in [0.15, 0.2) is 0 Å². The molecule has 0 saturated carbocycles. The first-order valence-corrected chi connectivity index (χ1v) is 7.80. The van der Waals surface area contributed by atoms with Crippen LogP contribution >= 0.6 is 0 Å². The van der Waals surface area contributed by atoms with Crippen LogP contribution in [0.25, 0.3) is 0 Å². The number of rotatable bonds is 2. The quantitative estimate of drug-likeness (QED) is 0.887. The Labute approximate surface area is 140 Å². The normalized spacial score (nSPS) is 18.5. The van der Waals surface area contributed by atoms with Gasteiger partial charge in [-0.2, -0.15) is 5.10 Å². The fourth-order valence-electron chi connectivity index (χ4n) is 2.99. The molecule has 1 aromatic carbocycles. The molecule has 0 spiro atoms. The van der Waals surface area contributed by atoms with Crippen LogP contribution in [0.5, 0.6) is 5.75 Å². The van der Waals surface area contributed by atoms with Crippen molar-refractivity contribution in [2.75, 3.05) is 5.32 Å². The SMILES string of the molecule is Cc1cc(NC(=O)NC2CC(C)(C)Oc3cc(F)ccc32)n(C)n1. The van der Waals surface area contributed by atoms with Gasteiger partial charge in [0.2, 0.25) is 0 Å².